The molecule has 114 valence electrons. The first-order valence-electron chi connectivity index (χ1n) is 5.93. The smallest absolute Gasteiger partial charge is 0.323 e. The predicted molar refractivity (Wildman–Crippen MR) is 68.5 cm³/mol. The van der Waals surface area contributed by atoms with Crippen LogP contribution in [-0.2, 0) is 24.2 Å². The van der Waals surface area contributed by atoms with Crippen LogP contribution in [0.4, 0.5) is 0 Å². The average Bonchev–Trinajstić information content (AvgIpc) is 2.72. The van der Waals surface area contributed by atoms with Crippen LogP contribution < -0.4 is 11.1 Å². The van der Waals surface area contributed by atoms with E-state index < -0.39 is 46.8 Å². The van der Waals surface area contributed by atoms with E-state index in [0.29, 0.717) is 0 Å². The zero-order valence-corrected chi connectivity index (χ0v) is 11.6. The summed E-state index contributed by atoms with van der Waals surface area (Å²) in [5.74, 6) is -2.76. The van der Waals surface area contributed by atoms with Crippen LogP contribution in [0.3, 0.4) is 0 Å². The maximum absolute atomic E-state index is 11.9. The van der Waals surface area contributed by atoms with Gasteiger partial charge in [0.15, 0.2) is 9.84 Å². The summed E-state index contributed by atoms with van der Waals surface area (Å²) in [6.45, 7) is -1.29. The molecule has 0 aliphatic carbocycles. The molecule has 1 aliphatic heterocycles. The number of amides is 2. The lowest BCUT2D eigenvalue weighted by Gasteiger charge is -2.26. The molecular formula is C10H17N3O6S. The van der Waals surface area contributed by atoms with E-state index in [2.05, 4.69) is 5.32 Å². The first kappa shape index (κ1) is 16.4. The molecule has 0 aromatic rings. The van der Waals surface area contributed by atoms with Gasteiger partial charge in [-0.25, -0.2) is 8.42 Å². The Morgan fingerprint density at radius 2 is 2.00 bits per heavy atom. The summed E-state index contributed by atoms with van der Waals surface area (Å²) in [5, 5.41) is 11.0. The molecule has 0 aromatic carbocycles. The molecule has 1 rings (SSSR count). The van der Waals surface area contributed by atoms with Crippen molar-refractivity contribution in [2.24, 2.45) is 5.73 Å². The van der Waals surface area contributed by atoms with Gasteiger partial charge >= 0.3 is 5.97 Å². The number of carboxylic acids is 1. The number of nitrogens with two attached hydrogens (primary N) is 1. The van der Waals surface area contributed by atoms with Crippen LogP contribution in [0.1, 0.15) is 6.42 Å². The van der Waals surface area contributed by atoms with E-state index in [1.165, 1.54) is 0 Å². The van der Waals surface area contributed by atoms with Gasteiger partial charge in [-0.2, -0.15) is 0 Å². The van der Waals surface area contributed by atoms with E-state index in [1.54, 1.807) is 0 Å². The number of nitrogens with one attached hydrogen (secondary N) is 1. The summed E-state index contributed by atoms with van der Waals surface area (Å²) in [6, 6.07) is -0.668. The number of aliphatic carboxylic acids is 1. The fraction of sp³-hybridized carbons (Fsp3) is 0.700. The fourth-order valence-electron chi connectivity index (χ4n) is 1.94. The third-order valence-corrected chi connectivity index (χ3v) is 4.65. The van der Waals surface area contributed by atoms with E-state index >= 15 is 0 Å². The maximum Gasteiger partial charge on any atom is 0.323 e. The Hall–Kier alpha value is -1.68. The Morgan fingerprint density at radius 1 is 1.35 bits per heavy atom. The third kappa shape index (κ3) is 4.78. The Bertz CT molecular complexity index is 503. The highest BCUT2D eigenvalue weighted by Gasteiger charge is 2.35. The van der Waals surface area contributed by atoms with Gasteiger partial charge in [-0.3, -0.25) is 14.4 Å². The van der Waals surface area contributed by atoms with Crippen molar-refractivity contribution in [1.82, 2.24) is 10.2 Å². The monoisotopic (exact) mass is 307 g/mol. The maximum atomic E-state index is 11.9. The van der Waals surface area contributed by atoms with E-state index in [1.807, 2.05) is 0 Å². The second kappa shape index (κ2) is 6.66. The molecule has 1 fully saturated rings. The number of carbonyl (C=O) groups is 3. The first-order chi connectivity index (χ1) is 9.25. The van der Waals surface area contributed by atoms with Crippen LogP contribution in [0.2, 0.25) is 0 Å². The van der Waals surface area contributed by atoms with Crippen LogP contribution in [0, 0.1) is 0 Å². The highest BCUT2D eigenvalue weighted by atomic mass is 32.2. The van der Waals surface area contributed by atoms with E-state index in [0.717, 1.165) is 4.90 Å². The first-order valence-corrected chi connectivity index (χ1v) is 7.76. The lowest BCUT2D eigenvalue weighted by atomic mass is 10.2. The molecule has 1 atom stereocenters. The minimum absolute atomic E-state index is 0.0732. The molecule has 2 amide bonds. The van der Waals surface area contributed by atoms with Gasteiger partial charge in [-0.15, -0.1) is 0 Å². The summed E-state index contributed by atoms with van der Waals surface area (Å²) in [7, 11) is -3.24. The van der Waals surface area contributed by atoms with E-state index in [9.17, 15) is 22.8 Å². The van der Waals surface area contributed by atoms with Gasteiger partial charge in [0.2, 0.25) is 11.8 Å². The fourth-order valence-corrected chi connectivity index (χ4v) is 3.67. The van der Waals surface area contributed by atoms with Crippen LogP contribution in [0.15, 0.2) is 0 Å². The van der Waals surface area contributed by atoms with Gasteiger partial charge in [0.05, 0.1) is 24.6 Å². The number of rotatable bonds is 6. The van der Waals surface area contributed by atoms with E-state index in [4.69, 9.17) is 10.8 Å². The SMILES string of the molecule is NCC(=O)NCC(=O)N(CC(=O)O)C1CCS(=O)(=O)C1. The zero-order valence-electron chi connectivity index (χ0n) is 10.7. The van der Waals surface area contributed by atoms with Gasteiger partial charge < -0.3 is 21.1 Å². The molecule has 1 unspecified atom stereocenters. The predicted octanol–water partition coefficient (Wildman–Crippen LogP) is -2.84. The molecule has 1 saturated heterocycles. The second-order valence-electron chi connectivity index (χ2n) is 4.45. The molecule has 4 N–H and O–H groups in total. The molecular weight excluding hydrogens is 290 g/mol. The van der Waals surface area contributed by atoms with Gasteiger partial charge in [0.25, 0.3) is 0 Å². The lowest BCUT2D eigenvalue weighted by molar-refractivity contribution is -0.145. The summed E-state index contributed by atoms with van der Waals surface area (Å²) in [5.41, 5.74) is 5.06. The number of sulfone groups is 1. The normalized spacial score (nSPS) is 20.4. The Kier molecular flexibility index (Phi) is 5.45. The van der Waals surface area contributed by atoms with Crippen LogP contribution in [-0.4, -0.2) is 73.4 Å². The van der Waals surface area contributed by atoms with Gasteiger partial charge in [0, 0.05) is 6.04 Å². The quantitative estimate of drug-likeness (QED) is 0.479. The second-order valence-corrected chi connectivity index (χ2v) is 6.68. The van der Waals surface area contributed by atoms with E-state index in [-0.39, 0.29) is 24.5 Å². The number of hydrogen-bond acceptors (Lipinski definition) is 6. The van der Waals surface area contributed by atoms with Crippen molar-refractivity contribution in [3.05, 3.63) is 0 Å². The number of carbonyl (C=O) groups excluding carboxylic acids is 2. The van der Waals surface area contributed by atoms with Gasteiger partial charge in [0.1, 0.15) is 6.54 Å². The molecule has 9 nitrogen and oxygen atoms in total. The van der Waals surface area contributed by atoms with Crippen molar-refractivity contribution >= 4 is 27.6 Å². The largest absolute Gasteiger partial charge is 0.480 e. The van der Waals surface area contributed by atoms with Crippen molar-refractivity contribution in [3.8, 4) is 0 Å². The Balaban J connectivity index is 2.71. The molecule has 0 aromatic heterocycles. The highest BCUT2D eigenvalue weighted by molar-refractivity contribution is 7.91. The Morgan fingerprint density at radius 3 is 2.45 bits per heavy atom. The molecule has 20 heavy (non-hydrogen) atoms. The minimum Gasteiger partial charge on any atom is -0.480 e. The summed E-state index contributed by atoms with van der Waals surface area (Å²) in [4.78, 5) is 34.6. The van der Waals surface area contributed by atoms with Gasteiger partial charge in [-0.1, -0.05) is 0 Å². The highest BCUT2D eigenvalue weighted by Crippen LogP contribution is 2.17. The summed E-state index contributed by atoms with van der Waals surface area (Å²) < 4.78 is 22.8. The number of hydrogen-bond donors (Lipinski definition) is 3. The van der Waals surface area contributed by atoms with Crippen molar-refractivity contribution in [2.75, 3.05) is 31.1 Å². The molecule has 0 radical (unpaired) electrons. The molecule has 1 heterocycles. The number of carboxylic acid groups (broad SMARTS) is 1. The van der Waals surface area contributed by atoms with Crippen molar-refractivity contribution in [1.29, 1.82) is 0 Å². The van der Waals surface area contributed by atoms with Gasteiger partial charge in [-0.05, 0) is 6.42 Å². The van der Waals surface area contributed by atoms with Crippen molar-refractivity contribution in [2.45, 2.75) is 12.5 Å². The molecule has 0 bridgehead atoms. The minimum atomic E-state index is -3.24. The lowest BCUT2D eigenvalue weighted by Crippen LogP contribution is -2.49. The Labute approximate surface area is 116 Å². The standard InChI is InChI=1S/C10H17N3O6S/c11-3-8(14)12-4-9(15)13(5-10(16)17)7-1-2-20(18,19)6-7/h7H,1-6,11H2,(H,12,14)(H,16,17). The topological polar surface area (TPSA) is 147 Å². The third-order valence-electron chi connectivity index (χ3n) is 2.90. The van der Waals surface area contributed by atoms with Crippen LogP contribution in [0.25, 0.3) is 0 Å². The summed E-state index contributed by atoms with van der Waals surface area (Å²) in [6.07, 6.45) is 0.201. The molecule has 0 saturated carbocycles. The molecule has 0 spiro atoms. The summed E-state index contributed by atoms with van der Waals surface area (Å²) >= 11 is 0. The average molecular weight is 307 g/mol. The van der Waals surface area contributed by atoms with Crippen molar-refractivity contribution in [3.63, 3.8) is 0 Å². The number of nitrogens with zero attached hydrogens (tertiary/aromatic N) is 1. The zero-order chi connectivity index (χ0) is 15.3. The van der Waals surface area contributed by atoms with Crippen molar-refractivity contribution < 1.29 is 27.9 Å². The molecule has 10 heteroatoms. The van der Waals surface area contributed by atoms with Crippen LogP contribution in [0.5, 0.6) is 0 Å². The van der Waals surface area contributed by atoms with Crippen LogP contribution >= 0.6 is 0 Å². The molecule has 1 aliphatic rings.